The fraction of sp³-hybridized carbons (Fsp3) is 0.400. The predicted octanol–water partition coefficient (Wildman–Crippen LogP) is 3.96. The third kappa shape index (κ3) is 3.83. The quantitative estimate of drug-likeness (QED) is 0.538. The molecule has 2 aromatic carbocycles. The zero-order valence-electron chi connectivity index (χ0n) is 14.7. The molecule has 4 nitrogen and oxygen atoms in total. The summed E-state index contributed by atoms with van der Waals surface area (Å²) in [5.74, 6) is 5.01. The Morgan fingerprint density at radius 2 is 1.96 bits per heavy atom. The van der Waals surface area contributed by atoms with Crippen LogP contribution in [-0.4, -0.2) is 41.9 Å². The van der Waals surface area contributed by atoms with E-state index in [4.69, 9.17) is 14.2 Å². The molecule has 1 saturated heterocycles. The molecule has 6 heteroatoms. The molecule has 2 aliphatic rings. The zero-order valence-corrected chi connectivity index (χ0v) is 16.4. The Bertz CT molecular complexity index is 752. The van der Waals surface area contributed by atoms with Gasteiger partial charge in [-0.25, -0.2) is 0 Å². The van der Waals surface area contributed by atoms with Crippen molar-refractivity contribution in [1.82, 2.24) is 0 Å². The molecular formula is C20H22FO4Se+. The van der Waals surface area contributed by atoms with Gasteiger partial charge in [-0.3, -0.25) is 0 Å². The third-order valence-corrected chi connectivity index (χ3v) is 6.59. The van der Waals surface area contributed by atoms with Crippen molar-refractivity contribution in [2.75, 3.05) is 26.6 Å². The maximum atomic E-state index is 13.3. The molecule has 0 unspecified atom stereocenters. The molecule has 26 heavy (non-hydrogen) atoms. The van der Waals surface area contributed by atoms with Crippen LogP contribution in [0.4, 0.5) is 4.39 Å². The van der Waals surface area contributed by atoms with Gasteiger partial charge in [0.15, 0.2) is 0 Å². The second-order valence-electron chi connectivity index (χ2n) is 6.51. The van der Waals surface area contributed by atoms with Crippen molar-refractivity contribution in [3.63, 3.8) is 0 Å². The Morgan fingerprint density at radius 3 is 2.77 bits per heavy atom. The molecule has 0 bridgehead atoms. The van der Waals surface area contributed by atoms with Crippen molar-refractivity contribution in [3.05, 3.63) is 53.8 Å². The molecule has 4 rings (SSSR count). The van der Waals surface area contributed by atoms with E-state index in [2.05, 4.69) is 9.27 Å². The van der Waals surface area contributed by atoms with Crippen LogP contribution in [0.15, 0.2) is 42.5 Å². The maximum absolute atomic E-state index is 13.3. The molecule has 0 amide bonds. The first-order valence-corrected chi connectivity index (χ1v) is 11.1. The molecule has 0 aliphatic carbocycles. The second-order valence-corrected chi connectivity index (χ2v) is 8.20. The van der Waals surface area contributed by atoms with Gasteiger partial charge in [-0.1, -0.05) is 0 Å². The second kappa shape index (κ2) is 7.87. The van der Waals surface area contributed by atoms with Crippen molar-refractivity contribution in [1.29, 1.82) is 0 Å². The van der Waals surface area contributed by atoms with E-state index in [1.165, 1.54) is 5.56 Å². The summed E-state index contributed by atoms with van der Waals surface area (Å²) in [7, 11) is 0. The van der Waals surface area contributed by atoms with Crippen LogP contribution < -0.4 is 14.2 Å². The van der Waals surface area contributed by atoms with Gasteiger partial charge >= 0.3 is 159 Å². The molecule has 0 saturated carbocycles. The molecular weight excluding hydrogens is 402 g/mol. The van der Waals surface area contributed by atoms with Gasteiger partial charge < -0.3 is 0 Å². The van der Waals surface area contributed by atoms with E-state index in [9.17, 15) is 4.39 Å². The summed E-state index contributed by atoms with van der Waals surface area (Å²) in [6.07, 6.45) is 1.04. The van der Waals surface area contributed by atoms with Gasteiger partial charge in [0.05, 0.1) is 0 Å². The first-order valence-electron chi connectivity index (χ1n) is 8.73. The summed E-state index contributed by atoms with van der Waals surface area (Å²) in [6, 6.07) is 12.6. The summed E-state index contributed by atoms with van der Waals surface area (Å²) in [5.41, 5.74) is 1.19. The van der Waals surface area contributed by atoms with Crippen LogP contribution in [0.2, 0.25) is 5.82 Å². The molecule has 0 radical (unpaired) electrons. The van der Waals surface area contributed by atoms with Gasteiger partial charge in [0.1, 0.15) is 0 Å². The monoisotopic (exact) mass is 425 g/mol. The number of hydrogen-bond donors (Lipinski definition) is 0. The van der Waals surface area contributed by atoms with E-state index in [1.54, 1.807) is 12.1 Å². The van der Waals surface area contributed by atoms with Crippen molar-refractivity contribution in [3.8, 4) is 17.2 Å². The van der Waals surface area contributed by atoms with Crippen LogP contribution >= 0.6 is 0 Å². The van der Waals surface area contributed by atoms with Gasteiger partial charge in [-0.2, -0.15) is 0 Å². The Balaban J connectivity index is 1.47. The first kappa shape index (κ1) is 17.7. The standard InChI is InChI=1S/C20H22FO4Se/c1-26-25-9-8-18(14-2-4-16(21)5-3-14)15(12-25)11-22-17-6-7-19-20(10-17)24-13-23-19/h2-7,10,15,18H,8-9,11-13H2,1H3/q+1/t15-,18+/m1/s1. The van der Waals surface area contributed by atoms with Crippen LogP contribution in [0.3, 0.4) is 0 Å². The molecule has 0 spiro atoms. The number of fused-ring (bicyclic) bond motifs is 1. The van der Waals surface area contributed by atoms with E-state index in [0.717, 1.165) is 36.9 Å². The average molecular weight is 424 g/mol. The third-order valence-electron chi connectivity index (χ3n) is 4.97. The SMILES string of the molecule is C[Se][O+]1CC[C@@H](c2ccc(F)cc2)[C@H](COc2ccc3c(c2)OCO3)C1. The Morgan fingerprint density at radius 1 is 1.15 bits per heavy atom. The summed E-state index contributed by atoms with van der Waals surface area (Å²) in [5, 5.41) is 0. The summed E-state index contributed by atoms with van der Waals surface area (Å²) in [4.78, 5) is 0. The van der Waals surface area contributed by atoms with Crippen LogP contribution in [0.5, 0.6) is 17.2 Å². The van der Waals surface area contributed by atoms with Gasteiger partial charge in [0.25, 0.3) is 0 Å². The molecule has 0 aromatic heterocycles. The van der Waals surface area contributed by atoms with E-state index in [-0.39, 0.29) is 12.6 Å². The van der Waals surface area contributed by atoms with Gasteiger partial charge in [-0.15, -0.1) is 0 Å². The Labute approximate surface area is 159 Å². The average Bonchev–Trinajstić information content (AvgIpc) is 3.14. The van der Waals surface area contributed by atoms with E-state index in [1.807, 2.05) is 30.3 Å². The van der Waals surface area contributed by atoms with Gasteiger partial charge in [0, 0.05) is 0 Å². The number of hydrogen-bond acceptors (Lipinski definition) is 3. The number of benzene rings is 2. The molecule has 2 aliphatic heterocycles. The van der Waals surface area contributed by atoms with E-state index in [0.29, 0.717) is 33.7 Å². The summed E-state index contributed by atoms with van der Waals surface area (Å²) < 4.78 is 33.5. The van der Waals surface area contributed by atoms with Crippen LogP contribution in [0.25, 0.3) is 0 Å². The van der Waals surface area contributed by atoms with Crippen molar-refractivity contribution < 1.29 is 22.1 Å². The summed E-state index contributed by atoms with van der Waals surface area (Å²) in [6.45, 7) is 2.82. The predicted molar refractivity (Wildman–Crippen MR) is 97.7 cm³/mol. The molecule has 2 heterocycles. The fourth-order valence-corrected chi connectivity index (χ4v) is 4.77. The minimum absolute atomic E-state index is 0.189. The van der Waals surface area contributed by atoms with Crippen LogP contribution in [-0.2, 0) is 3.45 Å². The van der Waals surface area contributed by atoms with Crippen molar-refractivity contribution in [2.24, 2.45) is 5.92 Å². The van der Waals surface area contributed by atoms with Gasteiger partial charge in [-0.05, 0) is 0 Å². The molecule has 138 valence electrons. The summed E-state index contributed by atoms with van der Waals surface area (Å²) >= 11 is 0.408. The molecule has 1 fully saturated rings. The van der Waals surface area contributed by atoms with Gasteiger partial charge in [0.2, 0.25) is 0 Å². The number of halogens is 1. The van der Waals surface area contributed by atoms with E-state index >= 15 is 0 Å². The van der Waals surface area contributed by atoms with Crippen LogP contribution in [0.1, 0.15) is 17.9 Å². The topological polar surface area (TPSA) is 30.4 Å². The van der Waals surface area contributed by atoms with Crippen molar-refractivity contribution >= 4 is 15.3 Å². The number of rotatable bonds is 5. The van der Waals surface area contributed by atoms with Crippen LogP contribution in [0, 0.1) is 11.7 Å². The fourth-order valence-electron chi connectivity index (χ4n) is 3.57. The molecule has 2 aromatic rings. The Kier molecular flexibility index (Phi) is 5.34. The molecule has 0 N–H and O–H groups in total. The van der Waals surface area contributed by atoms with E-state index < -0.39 is 0 Å². The van der Waals surface area contributed by atoms with Crippen molar-refractivity contribution in [2.45, 2.75) is 18.2 Å². The zero-order chi connectivity index (χ0) is 17.9. The normalized spacial score (nSPS) is 22.4. The minimum atomic E-state index is -0.189. The Hall–Kier alpha value is -1.75. The first-order chi connectivity index (χ1) is 12.7. The molecule has 2 atom stereocenters. The number of ether oxygens (including phenoxy) is 3.